The van der Waals surface area contributed by atoms with Gasteiger partial charge in [-0.25, -0.2) is 4.98 Å². The van der Waals surface area contributed by atoms with Gasteiger partial charge in [0.15, 0.2) is 0 Å². The molecule has 0 saturated heterocycles. The Kier molecular flexibility index (Phi) is 3.80. The van der Waals surface area contributed by atoms with Gasteiger partial charge in [0, 0.05) is 42.1 Å². The third-order valence-corrected chi connectivity index (χ3v) is 4.38. The van der Waals surface area contributed by atoms with Crippen LogP contribution in [-0.2, 0) is 6.42 Å². The molecule has 1 aliphatic rings. The van der Waals surface area contributed by atoms with Crippen molar-refractivity contribution >= 4 is 11.3 Å². The molecule has 0 fully saturated rings. The average Bonchev–Trinajstić information content (AvgIpc) is 2.85. The zero-order chi connectivity index (χ0) is 13.1. The number of ether oxygens (including phenoxy) is 1. The average molecular weight is 274 g/mol. The summed E-state index contributed by atoms with van der Waals surface area (Å²) in [5.74, 6) is 1.02. The molecule has 4 heteroatoms. The summed E-state index contributed by atoms with van der Waals surface area (Å²) in [5.41, 5.74) is 2.40. The van der Waals surface area contributed by atoms with Gasteiger partial charge in [0.05, 0.1) is 11.6 Å². The number of nitrogens with zero attached hydrogens (tertiary/aromatic N) is 1. The number of fused-ring (bicyclic) bond motifs is 1. The minimum absolute atomic E-state index is 0.408. The molecule has 2 heterocycles. The molecule has 0 radical (unpaired) electrons. The number of aromatic nitrogens is 1. The Morgan fingerprint density at radius 1 is 1.42 bits per heavy atom. The van der Waals surface area contributed by atoms with E-state index in [-0.39, 0.29) is 0 Å². The Morgan fingerprint density at radius 2 is 2.32 bits per heavy atom. The van der Waals surface area contributed by atoms with Gasteiger partial charge in [0.25, 0.3) is 0 Å². The maximum atomic E-state index is 5.67. The molecule has 100 valence electrons. The van der Waals surface area contributed by atoms with Crippen molar-refractivity contribution in [3.05, 3.63) is 45.9 Å². The van der Waals surface area contributed by atoms with E-state index in [1.807, 2.05) is 19.1 Å². The molecular formula is C15H18N2OS. The second kappa shape index (κ2) is 5.72. The van der Waals surface area contributed by atoms with Crippen LogP contribution in [0, 0.1) is 6.92 Å². The van der Waals surface area contributed by atoms with Gasteiger partial charge in [-0.05, 0) is 13.0 Å². The zero-order valence-electron chi connectivity index (χ0n) is 11.1. The molecule has 1 aliphatic heterocycles. The highest BCUT2D eigenvalue weighted by atomic mass is 32.1. The van der Waals surface area contributed by atoms with Gasteiger partial charge in [-0.15, -0.1) is 11.3 Å². The molecule has 1 N–H and O–H groups in total. The maximum Gasteiger partial charge on any atom is 0.124 e. The van der Waals surface area contributed by atoms with E-state index in [1.54, 1.807) is 11.3 Å². The molecule has 1 atom stereocenters. The second-order valence-corrected chi connectivity index (χ2v) is 5.76. The van der Waals surface area contributed by atoms with Gasteiger partial charge in [-0.1, -0.05) is 18.2 Å². The highest BCUT2D eigenvalue weighted by Gasteiger charge is 2.20. The highest BCUT2D eigenvalue weighted by molar-refractivity contribution is 7.09. The van der Waals surface area contributed by atoms with Gasteiger partial charge in [-0.3, -0.25) is 0 Å². The number of hydrogen-bond acceptors (Lipinski definition) is 4. The number of para-hydroxylation sites is 1. The largest absolute Gasteiger partial charge is 0.493 e. The Bertz CT molecular complexity index is 553. The summed E-state index contributed by atoms with van der Waals surface area (Å²) in [6, 6.07) is 8.71. The van der Waals surface area contributed by atoms with Crippen LogP contribution < -0.4 is 10.1 Å². The summed E-state index contributed by atoms with van der Waals surface area (Å²) >= 11 is 1.75. The summed E-state index contributed by atoms with van der Waals surface area (Å²) in [6.45, 7) is 3.80. The van der Waals surface area contributed by atoms with Crippen LogP contribution in [0.5, 0.6) is 5.75 Å². The topological polar surface area (TPSA) is 34.1 Å². The molecule has 1 unspecified atom stereocenters. The van der Waals surface area contributed by atoms with Crippen LogP contribution in [0.25, 0.3) is 0 Å². The molecule has 0 bridgehead atoms. The van der Waals surface area contributed by atoms with Crippen molar-refractivity contribution in [1.29, 1.82) is 0 Å². The normalized spacial score (nSPS) is 17.8. The van der Waals surface area contributed by atoms with Crippen molar-refractivity contribution in [1.82, 2.24) is 10.3 Å². The lowest BCUT2D eigenvalue weighted by atomic mass is 10.0. The van der Waals surface area contributed by atoms with Gasteiger partial charge >= 0.3 is 0 Å². The third-order valence-electron chi connectivity index (χ3n) is 3.35. The summed E-state index contributed by atoms with van der Waals surface area (Å²) < 4.78 is 5.67. The standard InChI is InChI=1S/C15H18N2OS/c1-11-10-19-15(17-11)6-8-16-13-7-9-18-14-5-3-2-4-12(13)14/h2-5,10,13,16H,6-9H2,1H3. The van der Waals surface area contributed by atoms with Crippen LogP contribution in [0.3, 0.4) is 0 Å². The SMILES string of the molecule is Cc1csc(CCNC2CCOc3ccccc32)n1. The Hall–Kier alpha value is -1.39. The van der Waals surface area contributed by atoms with Gasteiger partial charge < -0.3 is 10.1 Å². The van der Waals surface area contributed by atoms with E-state index < -0.39 is 0 Å². The van der Waals surface area contributed by atoms with Gasteiger partial charge in [-0.2, -0.15) is 0 Å². The molecule has 2 aromatic rings. The number of hydrogen-bond donors (Lipinski definition) is 1. The lowest BCUT2D eigenvalue weighted by molar-refractivity contribution is 0.253. The fourth-order valence-corrected chi connectivity index (χ4v) is 3.20. The fourth-order valence-electron chi connectivity index (χ4n) is 2.42. The summed E-state index contributed by atoms with van der Waals surface area (Å²) in [4.78, 5) is 4.49. The zero-order valence-corrected chi connectivity index (χ0v) is 11.9. The molecule has 3 nitrogen and oxygen atoms in total. The molecular weight excluding hydrogens is 256 g/mol. The van der Waals surface area contributed by atoms with Crippen molar-refractivity contribution in [2.24, 2.45) is 0 Å². The lowest BCUT2D eigenvalue weighted by Crippen LogP contribution is -2.28. The van der Waals surface area contributed by atoms with Crippen LogP contribution in [0.15, 0.2) is 29.6 Å². The van der Waals surface area contributed by atoms with E-state index in [2.05, 4.69) is 27.8 Å². The van der Waals surface area contributed by atoms with Gasteiger partial charge in [0.1, 0.15) is 5.75 Å². The quantitative estimate of drug-likeness (QED) is 0.930. The minimum Gasteiger partial charge on any atom is -0.493 e. The van der Waals surface area contributed by atoms with Crippen molar-refractivity contribution in [2.75, 3.05) is 13.2 Å². The summed E-state index contributed by atoms with van der Waals surface area (Å²) in [6.07, 6.45) is 2.03. The number of nitrogens with one attached hydrogen (secondary N) is 1. The maximum absolute atomic E-state index is 5.67. The number of thiazole rings is 1. The van der Waals surface area contributed by atoms with Crippen LogP contribution in [0.2, 0.25) is 0 Å². The van der Waals surface area contributed by atoms with E-state index in [0.29, 0.717) is 6.04 Å². The third kappa shape index (κ3) is 2.96. The van der Waals surface area contributed by atoms with Crippen LogP contribution in [0.1, 0.15) is 28.7 Å². The van der Waals surface area contributed by atoms with E-state index in [9.17, 15) is 0 Å². The first kappa shape index (κ1) is 12.6. The van der Waals surface area contributed by atoms with E-state index >= 15 is 0 Å². The number of aryl methyl sites for hydroxylation is 1. The predicted molar refractivity (Wildman–Crippen MR) is 77.9 cm³/mol. The number of benzene rings is 1. The van der Waals surface area contributed by atoms with Crippen LogP contribution in [-0.4, -0.2) is 18.1 Å². The van der Waals surface area contributed by atoms with Crippen LogP contribution in [0.4, 0.5) is 0 Å². The smallest absolute Gasteiger partial charge is 0.124 e. The van der Waals surface area contributed by atoms with Crippen molar-refractivity contribution < 1.29 is 4.74 Å². The first-order chi connectivity index (χ1) is 9.33. The Balaban J connectivity index is 1.59. The van der Waals surface area contributed by atoms with Crippen molar-refractivity contribution in [2.45, 2.75) is 25.8 Å². The van der Waals surface area contributed by atoms with Crippen LogP contribution >= 0.6 is 11.3 Å². The predicted octanol–water partition coefficient (Wildman–Crippen LogP) is 3.11. The monoisotopic (exact) mass is 274 g/mol. The Labute approximate surface area is 117 Å². The van der Waals surface area contributed by atoms with E-state index in [0.717, 1.165) is 37.4 Å². The van der Waals surface area contributed by atoms with Gasteiger partial charge in [0.2, 0.25) is 0 Å². The highest BCUT2D eigenvalue weighted by Crippen LogP contribution is 2.31. The Morgan fingerprint density at radius 3 is 3.16 bits per heavy atom. The summed E-state index contributed by atoms with van der Waals surface area (Å²) in [7, 11) is 0. The molecule has 0 saturated carbocycles. The fraction of sp³-hybridized carbons (Fsp3) is 0.400. The molecule has 0 spiro atoms. The van der Waals surface area contributed by atoms with E-state index in [4.69, 9.17) is 4.74 Å². The van der Waals surface area contributed by atoms with Crippen molar-refractivity contribution in [3.8, 4) is 5.75 Å². The van der Waals surface area contributed by atoms with E-state index in [1.165, 1.54) is 10.6 Å². The molecule has 19 heavy (non-hydrogen) atoms. The first-order valence-electron chi connectivity index (χ1n) is 6.69. The second-order valence-electron chi connectivity index (χ2n) is 4.81. The molecule has 1 aromatic heterocycles. The summed E-state index contributed by atoms with van der Waals surface area (Å²) in [5, 5.41) is 6.95. The number of rotatable bonds is 4. The molecule has 3 rings (SSSR count). The minimum atomic E-state index is 0.408. The molecule has 0 aliphatic carbocycles. The molecule has 1 aromatic carbocycles. The van der Waals surface area contributed by atoms with Crippen molar-refractivity contribution in [3.63, 3.8) is 0 Å². The first-order valence-corrected chi connectivity index (χ1v) is 7.57. The molecule has 0 amide bonds. The lowest BCUT2D eigenvalue weighted by Gasteiger charge is -2.26.